The maximum atomic E-state index is 13.0. The molecule has 7 rings (SSSR count). The number of carbonyl (C=O) groups excluding carboxylic acids is 1. The smallest absolute Gasteiger partial charge is 0.490 e. The number of hydrogen-bond donors (Lipinski definition) is 3. The second-order valence-corrected chi connectivity index (χ2v) is 11.0. The normalized spacial score (nSPS) is 20.6. The van der Waals surface area contributed by atoms with Crippen LogP contribution in [-0.4, -0.2) is 51.9 Å². The van der Waals surface area contributed by atoms with Crippen molar-refractivity contribution in [2.45, 2.75) is 43.9 Å². The molecule has 1 spiro atoms. The monoisotopic (exact) mass is 590 g/mol. The van der Waals surface area contributed by atoms with E-state index in [0.29, 0.717) is 0 Å². The number of amides is 1. The molecule has 3 aliphatic rings. The lowest BCUT2D eigenvalue weighted by molar-refractivity contribution is -0.192. The van der Waals surface area contributed by atoms with Crippen molar-refractivity contribution in [2.24, 2.45) is 0 Å². The number of carbonyl (C=O) groups is 2. The molecule has 1 aliphatic carbocycles. The number of halogens is 3. The van der Waals surface area contributed by atoms with E-state index in [1.165, 1.54) is 16.7 Å². The Morgan fingerprint density at radius 3 is 2.60 bits per heavy atom. The van der Waals surface area contributed by atoms with Crippen LogP contribution in [0.25, 0.3) is 23.1 Å². The van der Waals surface area contributed by atoms with Crippen molar-refractivity contribution in [1.82, 2.24) is 15.1 Å². The molecular weight excluding hydrogens is 561 g/mol. The summed E-state index contributed by atoms with van der Waals surface area (Å²) in [5.41, 5.74) is 8.56. The predicted octanol–water partition coefficient (Wildman–Crippen LogP) is 6.09. The maximum absolute atomic E-state index is 13.0. The Bertz CT molecular complexity index is 1780. The molecule has 3 heterocycles. The largest absolute Gasteiger partial charge is 0.497 e. The molecule has 11 heteroatoms. The summed E-state index contributed by atoms with van der Waals surface area (Å²) >= 11 is 0. The van der Waals surface area contributed by atoms with Gasteiger partial charge in [0.25, 0.3) is 0 Å². The second-order valence-electron chi connectivity index (χ2n) is 11.0. The Hall–Kier alpha value is -4.64. The van der Waals surface area contributed by atoms with E-state index in [4.69, 9.17) is 14.6 Å². The average Bonchev–Trinajstić information content (AvgIpc) is 3.25. The molecule has 0 saturated heterocycles. The number of rotatable bonds is 5. The number of methoxy groups -OCH3 is 1. The summed E-state index contributed by atoms with van der Waals surface area (Å²) < 4.78 is 37.2. The zero-order valence-corrected chi connectivity index (χ0v) is 23.5. The van der Waals surface area contributed by atoms with Crippen LogP contribution in [0.5, 0.6) is 5.75 Å². The minimum Gasteiger partial charge on any atom is -0.497 e. The minimum atomic E-state index is -5.08. The molecule has 0 unspecified atom stereocenters. The molecule has 1 aromatic heterocycles. The van der Waals surface area contributed by atoms with Crippen LogP contribution in [0.2, 0.25) is 0 Å². The Labute approximate surface area is 245 Å². The molecule has 2 aliphatic heterocycles. The fourth-order valence-corrected chi connectivity index (χ4v) is 6.09. The molecule has 3 aromatic carbocycles. The topological polar surface area (TPSA) is 108 Å². The van der Waals surface area contributed by atoms with Gasteiger partial charge in [0, 0.05) is 30.1 Å². The zero-order valence-electron chi connectivity index (χ0n) is 23.5. The lowest BCUT2D eigenvalue weighted by Gasteiger charge is -2.10. The number of nitrogens with one attached hydrogen (secondary N) is 2. The summed E-state index contributed by atoms with van der Waals surface area (Å²) in [5.74, 6) is -1.75. The Morgan fingerprint density at radius 1 is 1.12 bits per heavy atom. The van der Waals surface area contributed by atoms with Crippen molar-refractivity contribution in [1.29, 1.82) is 0 Å². The third-order valence-electron chi connectivity index (χ3n) is 8.48. The van der Waals surface area contributed by atoms with Crippen LogP contribution >= 0.6 is 0 Å². The molecular formula is C32H29F3N4O4. The summed E-state index contributed by atoms with van der Waals surface area (Å²) in [6, 6.07) is 19.0. The number of alkyl halides is 3. The number of carboxylic acids is 1. The molecule has 1 saturated carbocycles. The van der Waals surface area contributed by atoms with Crippen molar-refractivity contribution in [3.05, 3.63) is 88.1 Å². The van der Waals surface area contributed by atoms with Crippen LogP contribution < -0.4 is 10.1 Å². The predicted molar refractivity (Wildman–Crippen MR) is 156 cm³/mol. The van der Waals surface area contributed by atoms with Crippen LogP contribution in [0.4, 0.5) is 18.9 Å². The number of aliphatic carboxylic acids is 1. The fraction of sp³-hybridized carbons (Fsp3) is 0.281. The third-order valence-corrected chi connectivity index (χ3v) is 8.48. The maximum Gasteiger partial charge on any atom is 0.490 e. The van der Waals surface area contributed by atoms with Gasteiger partial charge in [0.05, 0.1) is 23.7 Å². The van der Waals surface area contributed by atoms with E-state index in [1.807, 2.05) is 18.2 Å². The first-order valence-corrected chi connectivity index (χ1v) is 13.8. The molecule has 1 fully saturated rings. The van der Waals surface area contributed by atoms with Gasteiger partial charge in [-0.2, -0.15) is 18.3 Å². The Morgan fingerprint density at radius 2 is 1.88 bits per heavy atom. The van der Waals surface area contributed by atoms with Gasteiger partial charge >= 0.3 is 12.1 Å². The highest BCUT2D eigenvalue weighted by Crippen LogP contribution is 2.65. The number of hydrogen-bond acceptors (Lipinski definition) is 5. The quantitative estimate of drug-likeness (QED) is 0.260. The van der Waals surface area contributed by atoms with E-state index >= 15 is 0 Å². The molecule has 43 heavy (non-hydrogen) atoms. The number of anilines is 1. The third kappa shape index (κ3) is 5.14. The van der Waals surface area contributed by atoms with Gasteiger partial charge in [0.15, 0.2) is 0 Å². The van der Waals surface area contributed by atoms with E-state index in [1.54, 1.807) is 7.11 Å². The standard InChI is InChI=1S/C30H28N4O2.C2HF3O2/c1-3-34-16-20-6-4-18(12-21(20)17-34)5-10-26-23-9-7-19(13-28(23)33-32-26)25-15-30(25)24-14-22(36-2)8-11-27(24)31-29(30)35;3-2(4,5)1(6)7/h4-14,25H,3,15-17H2,1-2H3,(H,31,35)(H,32,33);(H,6,7)/t25-,30-;/m0./s1. The molecule has 2 atom stereocenters. The Balaban J connectivity index is 0.000000423. The van der Waals surface area contributed by atoms with Gasteiger partial charge in [0.2, 0.25) is 5.91 Å². The van der Waals surface area contributed by atoms with Gasteiger partial charge in [-0.1, -0.05) is 43.3 Å². The first-order valence-electron chi connectivity index (χ1n) is 13.8. The van der Waals surface area contributed by atoms with E-state index in [2.05, 4.69) is 75.9 Å². The minimum absolute atomic E-state index is 0.0838. The number of ether oxygens (including phenoxy) is 1. The van der Waals surface area contributed by atoms with Crippen molar-refractivity contribution in [3.63, 3.8) is 0 Å². The summed E-state index contributed by atoms with van der Waals surface area (Å²) in [4.78, 5) is 24.4. The Kier molecular flexibility index (Phi) is 7.00. The van der Waals surface area contributed by atoms with Crippen molar-refractivity contribution < 1.29 is 32.6 Å². The van der Waals surface area contributed by atoms with Crippen LogP contribution in [0, 0.1) is 0 Å². The first-order chi connectivity index (χ1) is 20.5. The number of benzene rings is 3. The molecule has 0 bridgehead atoms. The number of nitrogens with zero attached hydrogens (tertiary/aromatic N) is 2. The van der Waals surface area contributed by atoms with Gasteiger partial charge in [-0.15, -0.1) is 0 Å². The van der Waals surface area contributed by atoms with Gasteiger partial charge in [-0.25, -0.2) is 4.79 Å². The van der Waals surface area contributed by atoms with Gasteiger partial charge in [0.1, 0.15) is 5.75 Å². The first kappa shape index (κ1) is 28.5. The molecule has 222 valence electrons. The van der Waals surface area contributed by atoms with Crippen molar-refractivity contribution in [2.75, 3.05) is 19.0 Å². The second kappa shape index (κ2) is 10.6. The van der Waals surface area contributed by atoms with Crippen LogP contribution in [0.15, 0.2) is 54.6 Å². The van der Waals surface area contributed by atoms with E-state index in [-0.39, 0.29) is 11.8 Å². The number of aromatic amines is 1. The van der Waals surface area contributed by atoms with Crippen LogP contribution in [0.3, 0.4) is 0 Å². The molecule has 1 amide bonds. The fourth-order valence-electron chi connectivity index (χ4n) is 6.09. The molecule has 3 N–H and O–H groups in total. The SMILES string of the molecule is CCN1Cc2ccc(C=Cc3n[nH]c4cc([C@@H]5C[C@@]56C(=O)Nc5ccc(OC)cc56)ccc34)cc2C1.O=C(O)C(F)(F)F. The van der Waals surface area contributed by atoms with E-state index in [0.717, 1.165) is 65.2 Å². The van der Waals surface area contributed by atoms with Crippen LogP contribution in [0.1, 0.15) is 52.8 Å². The van der Waals surface area contributed by atoms with Crippen molar-refractivity contribution >= 4 is 40.6 Å². The molecule has 4 aromatic rings. The highest BCUT2D eigenvalue weighted by molar-refractivity contribution is 6.10. The highest BCUT2D eigenvalue weighted by Gasteiger charge is 2.65. The summed E-state index contributed by atoms with van der Waals surface area (Å²) in [5, 5.41) is 19.1. The summed E-state index contributed by atoms with van der Waals surface area (Å²) in [6.07, 6.45) is -0.0565. The number of H-pyrrole nitrogens is 1. The average molecular weight is 591 g/mol. The number of carboxylic acid groups (broad SMARTS) is 1. The van der Waals surface area contributed by atoms with Gasteiger partial charge < -0.3 is 15.2 Å². The van der Waals surface area contributed by atoms with Gasteiger partial charge in [-0.05, 0) is 71.1 Å². The van der Waals surface area contributed by atoms with E-state index in [9.17, 15) is 18.0 Å². The molecule has 8 nitrogen and oxygen atoms in total. The summed E-state index contributed by atoms with van der Waals surface area (Å²) in [6.45, 7) is 5.36. The number of fused-ring (bicyclic) bond motifs is 4. The lowest BCUT2D eigenvalue weighted by Crippen LogP contribution is -2.21. The van der Waals surface area contributed by atoms with Crippen LogP contribution in [-0.2, 0) is 28.1 Å². The molecule has 0 radical (unpaired) electrons. The highest BCUT2D eigenvalue weighted by atomic mass is 19.4. The van der Waals surface area contributed by atoms with Gasteiger partial charge in [-0.3, -0.25) is 14.8 Å². The number of aromatic nitrogens is 2. The zero-order chi connectivity index (χ0) is 30.5. The summed E-state index contributed by atoms with van der Waals surface area (Å²) in [7, 11) is 1.66. The van der Waals surface area contributed by atoms with E-state index < -0.39 is 17.6 Å². The van der Waals surface area contributed by atoms with Crippen molar-refractivity contribution in [3.8, 4) is 5.75 Å². The lowest BCUT2D eigenvalue weighted by atomic mass is 9.91.